The van der Waals surface area contributed by atoms with Gasteiger partial charge in [0.25, 0.3) is 0 Å². The van der Waals surface area contributed by atoms with Crippen molar-refractivity contribution in [3.05, 3.63) is 0 Å². The molecule has 0 bridgehead atoms. The van der Waals surface area contributed by atoms with Crippen LogP contribution in [-0.4, -0.2) is 0 Å². The Morgan fingerprint density at radius 3 is 2.30 bits per heavy atom. The molecule has 4 aliphatic rings. The fraction of sp³-hybridized carbons (Fsp3) is 1.00. The summed E-state index contributed by atoms with van der Waals surface area (Å²) < 4.78 is 0. The SMILES string of the molecule is CC(C)CCC(C)C1CCC2C3C(C)CC4CCCCC4(C)C3CCC12C. The van der Waals surface area contributed by atoms with Crippen LogP contribution in [-0.2, 0) is 0 Å². The number of rotatable bonds is 4. The van der Waals surface area contributed by atoms with E-state index in [0.717, 1.165) is 47.3 Å². The van der Waals surface area contributed by atoms with Gasteiger partial charge in [-0.25, -0.2) is 0 Å². The third-order valence-corrected chi connectivity index (χ3v) is 10.9. The Hall–Kier alpha value is 0. The van der Waals surface area contributed by atoms with Crippen molar-refractivity contribution in [1.82, 2.24) is 0 Å². The third kappa shape index (κ3) is 3.24. The first kappa shape index (κ1) is 20.3. The lowest BCUT2D eigenvalue weighted by Crippen LogP contribution is -2.55. The zero-order valence-corrected chi connectivity index (χ0v) is 19.4. The molecule has 0 nitrogen and oxygen atoms in total. The van der Waals surface area contributed by atoms with Crippen molar-refractivity contribution < 1.29 is 0 Å². The summed E-state index contributed by atoms with van der Waals surface area (Å²) in [5.41, 5.74) is 1.35. The molecule has 4 aliphatic carbocycles. The molecule has 0 aliphatic heterocycles. The first-order valence-corrected chi connectivity index (χ1v) is 12.8. The van der Waals surface area contributed by atoms with Crippen LogP contribution in [0, 0.1) is 58.2 Å². The summed E-state index contributed by atoms with van der Waals surface area (Å²) in [5.74, 6) is 7.99. The summed E-state index contributed by atoms with van der Waals surface area (Å²) in [4.78, 5) is 0. The highest BCUT2D eigenvalue weighted by Crippen LogP contribution is 2.69. The highest BCUT2D eigenvalue weighted by Gasteiger charge is 2.61. The molecule has 4 fully saturated rings. The number of fused-ring (bicyclic) bond motifs is 5. The molecule has 27 heavy (non-hydrogen) atoms. The van der Waals surface area contributed by atoms with E-state index in [1.165, 1.54) is 32.1 Å². The predicted molar refractivity (Wildman–Crippen MR) is 118 cm³/mol. The van der Waals surface area contributed by atoms with Crippen LogP contribution in [0.3, 0.4) is 0 Å². The van der Waals surface area contributed by atoms with E-state index in [-0.39, 0.29) is 0 Å². The minimum absolute atomic E-state index is 0.656. The summed E-state index contributed by atoms with van der Waals surface area (Å²) >= 11 is 0. The van der Waals surface area contributed by atoms with Crippen LogP contribution in [0.15, 0.2) is 0 Å². The standard InChI is InChI=1S/C27H48/c1-18(2)10-11-19(3)22-12-13-23-25-20(4)17-21-9-7-8-15-26(21,5)24(25)14-16-27(22,23)6/h18-25H,7-17H2,1-6H3. The Balaban J connectivity index is 1.55. The second-order valence-corrected chi connectivity index (χ2v) is 12.6. The van der Waals surface area contributed by atoms with Crippen LogP contribution in [0.2, 0.25) is 0 Å². The van der Waals surface area contributed by atoms with Crippen molar-refractivity contribution in [2.24, 2.45) is 58.2 Å². The van der Waals surface area contributed by atoms with Gasteiger partial charge in [0.15, 0.2) is 0 Å². The first-order chi connectivity index (χ1) is 12.8. The predicted octanol–water partition coefficient (Wildman–Crippen LogP) is 8.35. The zero-order chi connectivity index (χ0) is 19.4. The fourth-order valence-electron chi connectivity index (χ4n) is 9.44. The zero-order valence-electron chi connectivity index (χ0n) is 19.4. The smallest absolute Gasteiger partial charge is 0.0264 e. The average Bonchev–Trinajstić information content (AvgIpc) is 2.97. The van der Waals surface area contributed by atoms with Crippen molar-refractivity contribution >= 4 is 0 Å². The van der Waals surface area contributed by atoms with Crippen LogP contribution >= 0.6 is 0 Å². The quantitative estimate of drug-likeness (QED) is 0.465. The molecule has 0 heterocycles. The van der Waals surface area contributed by atoms with Gasteiger partial charge in [0, 0.05) is 0 Å². The normalized spacial score (nSPS) is 50.8. The molecule has 0 aromatic heterocycles. The Bertz CT molecular complexity index is 520. The van der Waals surface area contributed by atoms with E-state index in [2.05, 4.69) is 41.5 Å². The van der Waals surface area contributed by atoms with Gasteiger partial charge in [-0.1, -0.05) is 67.2 Å². The van der Waals surface area contributed by atoms with Crippen molar-refractivity contribution in [3.63, 3.8) is 0 Å². The van der Waals surface area contributed by atoms with Gasteiger partial charge < -0.3 is 0 Å². The summed E-state index contributed by atoms with van der Waals surface area (Å²) in [6.07, 6.45) is 16.8. The molecule has 9 atom stereocenters. The van der Waals surface area contributed by atoms with Gasteiger partial charge in [-0.3, -0.25) is 0 Å². The fourth-order valence-corrected chi connectivity index (χ4v) is 9.44. The largest absolute Gasteiger partial charge is 0.0628 e. The van der Waals surface area contributed by atoms with Gasteiger partial charge in [0.2, 0.25) is 0 Å². The molecule has 0 saturated heterocycles. The van der Waals surface area contributed by atoms with E-state index in [1.807, 2.05) is 0 Å². The summed E-state index contributed by atoms with van der Waals surface area (Å²) in [6, 6.07) is 0. The maximum absolute atomic E-state index is 2.75. The van der Waals surface area contributed by atoms with E-state index in [1.54, 1.807) is 38.5 Å². The Morgan fingerprint density at radius 1 is 0.815 bits per heavy atom. The third-order valence-electron chi connectivity index (χ3n) is 10.9. The Morgan fingerprint density at radius 2 is 1.56 bits per heavy atom. The summed E-state index contributed by atoms with van der Waals surface area (Å²) in [7, 11) is 0. The molecular weight excluding hydrogens is 324 g/mol. The lowest BCUT2D eigenvalue weighted by atomic mass is 9.42. The second-order valence-electron chi connectivity index (χ2n) is 12.6. The molecule has 4 saturated carbocycles. The molecule has 0 spiro atoms. The van der Waals surface area contributed by atoms with Crippen LogP contribution < -0.4 is 0 Å². The van der Waals surface area contributed by atoms with E-state index in [0.29, 0.717) is 10.8 Å². The van der Waals surface area contributed by atoms with Gasteiger partial charge in [-0.2, -0.15) is 0 Å². The van der Waals surface area contributed by atoms with Crippen molar-refractivity contribution in [2.45, 2.75) is 112 Å². The number of hydrogen-bond acceptors (Lipinski definition) is 0. The molecule has 156 valence electrons. The van der Waals surface area contributed by atoms with Crippen molar-refractivity contribution in [3.8, 4) is 0 Å². The molecule has 0 radical (unpaired) electrons. The minimum Gasteiger partial charge on any atom is -0.0628 e. The van der Waals surface area contributed by atoms with Gasteiger partial charge in [-0.05, 0) is 103 Å². The highest BCUT2D eigenvalue weighted by molar-refractivity contribution is 5.10. The van der Waals surface area contributed by atoms with E-state index >= 15 is 0 Å². The molecule has 0 aromatic carbocycles. The lowest BCUT2D eigenvalue weighted by molar-refractivity contribution is -0.137. The van der Waals surface area contributed by atoms with Gasteiger partial charge >= 0.3 is 0 Å². The minimum atomic E-state index is 0.656. The maximum Gasteiger partial charge on any atom is -0.0264 e. The van der Waals surface area contributed by atoms with Gasteiger partial charge in [0.1, 0.15) is 0 Å². The van der Waals surface area contributed by atoms with Crippen LogP contribution in [0.4, 0.5) is 0 Å². The van der Waals surface area contributed by atoms with Gasteiger partial charge in [-0.15, -0.1) is 0 Å². The van der Waals surface area contributed by atoms with Crippen molar-refractivity contribution in [1.29, 1.82) is 0 Å². The Labute approximate surface area is 170 Å². The van der Waals surface area contributed by atoms with Crippen LogP contribution in [0.1, 0.15) is 112 Å². The summed E-state index contributed by atoms with van der Waals surface area (Å²) in [5, 5.41) is 0. The first-order valence-electron chi connectivity index (χ1n) is 12.8. The second kappa shape index (κ2) is 7.36. The molecule has 0 N–H and O–H groups in total. The topological polar surface area (TPSA) is 0 Å². The molecule has 0 amide bonds. The highest BCUT2D eigenvalue weighted by atomic mass is 14.7. The summed E-state index contributed by atoms with van der Waals surface area (Å²) in [6.45, 7) is 15.6. The average molecular weight is 373 g/mol. The number of hydrogen-bond donors (Lipinski definition) is 0. The molecule has 0 heteroatoms. The lowest BCUT2D eigenvalue weighted by Gasteiger charge is -2.62. The molecular formula is C27H48. The van der Waals surface area contributed by atoms with E-state index in [4.69, 9.17) is 0 Å². The maximum atomic E-state index is 2.75. The van der Waals surface area contributed by atoms with E-state index < -0.39 is 0 Å². The monoisotopic (exact) mass is 372 g/mol. The van der Waals surface area contributed by atoms with Gasteiger partial charge in [0.05, 0.1) is 0 Å². The van der Waals surface area contributed by atoms with Crippen LogP contribution in [0.5, 0.6) is 0 Å². The Kier molecular flexibility index (Phi) is 5.53. The van der Waals surface area contributed by atoms with E-state index in [9.17, 15) is 0 Å². The molecule has 4 rings (SSSR count). The van der Waals surface area contributed by atoms with Crippen molar-refractivity contribution in [2.75, 3.05) is 0 Å². The molecule has 0 aromatic rings. The van der Waals surface area contributed by atoms with Crippen LogP contribution in [0.25, 0.3) is 0 Å². The molecule has 9 unspecified atom stereocenters.